The van der Waals surface area contributed by atoms with Gasteiger partial charge in [-0.05, 0) is 31.0 Å². The SMILES string of the molecule is CN1CCN(c2nc3c(c(Nc4ccccc4)n2)C(=O)CC(C)(C)C3)CC1. The first-order chi connectivity index (χ1) is 12.9. The smallest absolute Gasteiger partial charge is 0.227 e. The average Bonchev–Trinajstić information content (AvgIpc) is 2.61. The monoisotopic (exact) mass is 365 g/mol. The molecule has 2 aliphatic rings. The van der Waals surface area contributed by atoms with Crippen molar-refractivity contribution in [3.8, 4) is 0 Å². The van der Waals surface area contributed by atoms with Crippen LogP contribution in [0.5, 0.6) is 0 Å². The van der Waals surface area contributed by atoms with Crippen molar-refractivity contribution < 1.29 is 4.79 Å². The zero-order valence-corrected chi connectivity index (χ0v) is 16.3. The Kier molecular flexibility index (Phi) is 4.60. The van der Waals surface area contributed by atoms with Gasteiger partial charge in [0.1, 0.15) is 5.82 Å². The van der Waals surface area contributed by atoms with E-state index in [1.54, 1.807) is 0 Å². The standard InChI is InChI=1S/C21H27N5O/c1-21(2)13-16-18(17(27)14-21)19(22-15-7-5-4-6-8-15)24-20(23-16)26-11-9-25(3)10-12-26/h4-8H,9-14H2,1-3H3,(H,22,23,24). The second kappa shape index (κ2) is 6.93. The van der Waals surface area contributed by atoms with Crippen LogP contribution >= 0.6 is 0 Å². The van der Waals surface area contributed by atoms with Crippen molar-refractivity contribution in [3.63, 3.8) is 0 Å². The number of Topliss-reactive ketones (excluding diaryl/α,β-unsaturated/α-hetero) is 1. The summed E-state index contributed by atoms with van der Waals surface area (Å²) in [5.74, 6) is 1.50. The van der Waals surface area contributed by atoms with Crippen LogP contribution in [-0.2, 0) is 6.42 Å². The molecule has 1 N–H and O–H groups in total. The van der Waals surface area contributed by atoms with Gasteiger partial charge < -0.3 is 15.1 Å². The van der Waals surface area contributed by atoms with Gasteiger partial charge >= 0.3 is 0 Å². The number of aromatic nitrogens is 2. The highest BCUT2D eigenvalue weighted by Crippen LogP contribution is 2.38. The van der Waals surface area contributed by atoms with Crippen LogP contribution in [0.15, 0.2) is 30.3 Å². The molecule has 0 radical (unpaired) electrons. The Morgan fingerprint density at radius 1 is 1.00 bits per heavy atom. The van der Waals surface area contributed by atoms with Crippen LogP contribution in [0.1, 0.15) is 36.3 Å². The van der Waals surface area contributed by atoms with Crippen molar-refractivity contribution >= 4 is 23.2 Å². The number of anilines is 3. The Labute approximate surface area is 160 Å². The van der Waals surface area contributed by atoms with Gasteiger partial charge in [-0.3, -0.25) is 4.79 Å². The summed E-state index contributed by atoms with van der Waals surface area (Å²) in [6, 6.07) is 9.90. The second-order valence-corrected chi connectivity index (χ2v) is 8.42. The van der Waals surface area contributed by atoms with E-state index in [2.05, 4.69) is 36.0 Å². The lowest BCUT2D eigenvalue weighted by molar-refractivity contribution is 0.0911. The number of nitrogens with one attached hydrogen (secondary N) is 1. The molecule has 0 spiro atoms. The predicted octanol–water partition coefficient (Wildman–Crippen LogP) is 3.13. The van der Waals surface area contributed by atoms with Crippen LogP contribution in [0, 0.1) is 5.41 Å². The van der Waals surface area contributed by atoms with Gasteiger partial charge in [0, 0.05) is 38.3 Å². The van der Waals surface area contributed by atoms with Gasteiger partial charge in [0.15, 0.2) is 5.78 Å². The molecule has 1 saturated heterocycles. The number of piperazine rings is 1. The van der Waals surface area contributed by atoms with E-state index < -0.39 is 0 Å². The Morgan fingerprint density at radius 2 is 1.70 bits per heavy atom. The van der Waals surface area contributed by atoms with E-state index in [0.29, 0.717) is 17.8 Å². The minimum atomic E-state index is -0.0676. The zero-order valence-electron chi connectivity index (χ0n) is 16.3. The van der Waals surface area contributed by atoms with Crippen LogP contribution in [-0.4, -0.2) is 53.9 Å². The van der Waals surface area contributed by atoms with Gasteiger partial charge in [-0.15, -0.1) is 0 Å². The molecular weight excluding hydrogens is 338 g/mol. The average molecular weight is 365 g/mol. The summed E-state index contributed by atoms with van der Waals surface area (Å²) in [5, 5.41) is 3.37. The lowest BCUT2D eigenvalue weighted by Gasteiger charge is -2.35. The van der Waals surface area contributed by atoms with Crippen LogP contribution in [0.4, 0.5) is 17.5 Å². The normalized spacial score (nSPS) is 19.7. The van der Waals surface area contributed by atoms with Crippen molar-refractivity contribution in [2.75, 3.05) is 43.4 Å². The highest BCUT2D eigenvalue weighted by atomic mass is 16.1. The fourth-order valence-corrected chi connectivity index (χ4v) is 3.85. The summed E-state index contributed by atoms with van der Waals surface area (Å²) in [4.78, 5) is 27.1. The number of para-hydroxylation sites is 1. The largest absolute Gasteiger partial charge is 0.339 e. The van der Waals surface area contributed by atoms with Crippen molar-refractivity contribution in [1.82, 2.24) is 14.9 Å². The molecule has 2 aromatic rings. The molecule has 27 heavy (non-hydrogen) atoms. The third-order valence-corrected chi connectivity index (χ3v) is 5.36. The first-order valence-electron chi connectivity index (χ1n) is 9.61. The van der Waals surface area contributed by atoms with Crippen LogP contribution < -0.4 is 10.2 Å². The summed E-state index contributed by atoms with van der Waals surface area (Å²) in [6.07, 6.45) is 1.32. The van der Waals surface area contributed by atoms with E-state index in [-0.39, 0.29) is 11.2 Å². The molecular formula is C21H27N5O. The van der Waals surface area contributed by atoms with E-state index in [0.717, 1.165) is 49.9 Å². The fourth-order valence-electron chi connectivity index (χ4n) is 3.85. The van der Waals surface area contributed by atoms with Crippen molar-refractivity contribution in [3.05, 3.63) is 41.6 Å². The molecule has 6 heteroatoms. The number of hydrogen-bond acceptors (Lipinski definition) is 6. The summed E-state index contributed by atoms with van der Waals surface area (Å²) in [7, 11) is 2.13. The summed E-state index contributed by atoms with van der Waals surface area (Å²) < 4.78 is 0. The Bertz CT molecular complexity index is 841. The van der Waals surface area contributed by atoms with Crippen molar-refractivity contribution in [2.45, 2.75) is 26.7 Å². The number of rotatable bonds is 3. The van der Waals surface area contributed by atoms with E-state index in [4.69, 9.17) is 9.97 Å². The number of hydrogen-bond donors (Lipinski definition) is 1. The molecule has 1 aliphatic carbocycles. The van der Waals surface area contributed by atoms with Gasteiger partial charge in [-0.25, -0.2) is 4.98 Å². The third kappa shape index (κ3) is 3.81. The number of carbonyl (C=O) groups excluding carboxylic acids is 1. The summed E-state index contributed by atoms with van der Waals surface area (Å²) in [5.41, 5.74) is 2.40. The lowest BCUT2D eigenvalue weighted by atomic mass is 9.75. The summed E-state index contributed by atoms with van der Waals surface area (Å²) in [6.45, 7) is 8.05. The molecule has 1 aromatic heterocycles. The minimum Gasteiger partial charge on any atom is -0.339 e. The molecule has 1 aliphatic heterocycles. The predicted molar refractivity (Wildman–Crippen MR) is 108 cm³/mol. The fraction of sp³-hybridized carbons (Fsp3) is 0.476. The van der Waals surface area contributed by atoms with Crippen molar-refractivity contribution in [1.29, 1.82) is 0 Å². The van der Waals surface area contributed by atoms with Gasteiger partial charge in [0.05, 0.1) is 11.3 Å². The van der Waals surface area contributed by atoms with Gasteiger partial charge in [0.25, 0.3) is 0 Å². The maximum absolute atomic E-state index is 12.9. The molecule has 4 rings (SSSR count). The van der Waals surface area contributed by atoms with Crippen LogP contribution in [0.3, 0.4) is 0 Å². The number of carbonyl (C=O) groups is 1. The van der Waals surface area contributed by atoms with Gasteiger partial charge in [-0.2, -0.15) is 4.98 Å². The van der Waals surface area contributed by atoms with Gasteiger partial charge in [0.2, 0.25) is 5.95 Å². The number of ketones is 1. The zero-order chi connectivity index (χ0) is 19.0. The topological polar surface area (TPSA) is 61.4 Å². The number of likely N-dealkylation sites (N-methyl/N-ethyl adjacent to an activating group) is 1. The summed E-state index contributed by atoms with van der Waals surface area (Å²) >= 11 is 0. The van der Waals surface area contributed by atoms with Gasteiger partial charge in [-0.1, -0.05) is 32.0 Å². The van der Waals surface area contributed by atoms with Crippen molar-refractivity contribution in [2.24, 2.45) is 5.41 Å². The Hall–Kier alpha value is -2.47. The maximum atomic E-state index is 12.9. The highest BCUT2D eigenvalue weighted by molar-refractivity contribution is 6.03. The van der Waals surface area contributed by atoms with E-state index in [1.807, 2.05) is 30.3 Å². The second-order valence-electron chi connectivity index (χ2n) is 8.42. The number of fused-ring (bicyclic) bond motifs is 1. The van der Waals surface area contributed by atoms with E-state index in [9.17, 15) is 4.79 Å². The number of benzene rings is 1. The molecule has 0 saturated carbocycles. The van der Waals surface area contributed by atoms with Crippen LogP contribution in [0.2, 0.25) is 0 Å². The molecule has 142 valence electrons. The third-order valence-electron chi connectivity index (χ3n) is 5.36. The van der Waals surface area contributed by atoms with Crippen LogP contribution in [0.25, 0.3) is 0 Å². The molecule has 0 bridgehead atoms. The molecule has 1 aromatic carbocycles. The van der Waals surface area contributed by atoms with E-state index >= 15 is 0 Å². The lowest BCUT2D eigenvalue weighted by Crippen LogP contribution is -2.45. The number of nitrogens with zero attached hydrogens (tertiary/aromatic N) is 4. The minimum absolute atomic E-state index is 0.0676. The maximum Gasteiger partial charge on any atom is 0.227 e. The highest BCUT2D eigenvalue weighted by Gasteiger charge is 2.35. The molecule has 0 unspecified atom stereocenters. The molecule has 0 amide bonds. The molecule has 6 nitrogen and oxygen atoms in total. The first-order valence-corrected chi connectivity index (χ1v) is 9.61. The molecule has 0 atom stereocenters. The van der Waals surface area contributed by atoms with E-state index in [1.165, 1.54) is 0 Å². The quantitative estimate of drug-likeness (QED) is 0.902. The Balaban J connectivity index is 1.76. The first kappa shape index (κ1) is 17.9. The Morgan fingerprint density at radius 3 is 2.41 bits per heavy atom. The molecule has 1 fully saturated rings. The molecule has 2 heterocycles.